The highest BCUT2D eigenvalue weighted by molar-refractivity contribution is 6.41. The van der Waals surface area contributed by atoms with Gasteiger partial charge in [-0.05, 0) is 35.9 Å². The van der Waals surface area contributed by atoms with Gasteiger partial charge in [0.15, 0.2) is 0 Å². The largest absolute Gasteiger partial charge is 0.465 e. The maximum absolute atomic E-state index is 11.9. The number of carbonyl (C=O) groups is 3. The number of nitrogens with one attached hydrogen (secondary N) is 2. The highest BCUT2D eigenvalue weighted by Crippen LogP contribution is 2.23. The smallest absolute Gasteiger partial charge is 0.337 e. The van der Waals surface area contributed by atoms with Gasteiger partial charge in [0.1, 0.15) is 0 Å². The Morgan fingerprint density at radius 3 is 2.50 bits per heavy atom. The molecule has 8 heteroatoms. The zero-order chi connectivity index (χ0) is 17.5. The molecule has 0 aliphatic rings. The van der Waals surface area contributed by atoms with Crippen LogP contribution in [0.25, 0.3) is 0 Å². The molecule has 24 heavy (non-hydrogen) atoms. The molecule has 1 heterocycles. The first-order valence-corrected chi connectivity index (χ1v) is 7.25. The molecular formula is C16H14ClN3O4. The van der Waals surface area contributed by atoms with E-state index in [0.717, 1.165) is 5.56 Å². The fourth-order valence-electron chi connectivity index (χ4n) is 1.81. The van der Waals surface area contributed by atoms with Crippen LogP contribution in [0.3, 0.4) is 0 Å². The molecule has 0 bridgehead atoms. The molecule has 1 aromatic heterocycles. The van der Waals surface area contributed by atoms with Gasteiger partial charge in [-0.25, -0.2) is 4.79 Å². The molecule has 0 saturated carbocycles. The van der Waals surface area contributed by atoms with Gasteiger partial charge < -0.3 is 15.4 Å². The lowest BCUT2D eigenvalue weighted by Crippen LogP contribution is -2.35. The Hall–Kier alpha value is -2.93. The molecule has 124 valence electrons. The number of esters is 1. The minimum absolute atomic E-state index is 0.142. The lowest BCUT2D eigenvalue weighted by Gasteiger charge is -2.09. The van der Waals surface area contributed by atoms with Gasteiger partial charge in [0.05, 0.1) is 23.4 Å². The molecule has 0 aliphatic heterocycles. The average Bonchev–Trinajstić information content (AvgIpc) is 2.61. The van der Waals surface area contributed by atoms with E-state index in [1.54, 1.807) is 24.5 Å². The molecule has 7 nitrogen and oxygen atoms in total. The lowest BCUT2D eigenvalue weighted by atomic mass is 10.2. The molecule has 0 spiro atoms. The summed E-state index contributed by atoms with van der Waals surface area (Å²) in [7, 11) is 1.24. The molecule has 2 rings (SSSR count). The number of hydrogen-bond acceptors (Lipinski definition) is 5. The van der Waals surface area contributed by atoms with Crippen molar-refractivity contribution in [3.8, 4) is 0 Å². The van der Waals surface area contributed by atoms with Crippen LogP contribution in [0, 0.1) is 0 Å². The van der Waals surface area contributed by atoms with Crippen LogP contribution in [0.5, 0.6) is 0 Å². The molecule has 0 atom stereocenters. The summed E-state index contributed by atoms with van der Waals surface area (Å²) < 4.78 is 4.59. The second-order valence-corrected chi connectivity index (χ2v) is 5.09. The van der Waals surface area contributed by atoms with Crippen LogP contribution < -0.4 is 10.6 Å². The fraction of sp³-hybridized carbons (Fsp3) is 0.125. The summed E-state index contributed by atoms with van der Waals surface area (Å²) >= 11 is 5.96. The number of aromatic nitrogens is 1. The van der Waals surface area contributed by atoms with Crippen molar-refractivity contribution in [3.63, 3.8) is 0 Å². The SMILES string of the molecule is COC(=O)c1ccc(Cl)c(NC(=O)C(=O)NCc2ccncc2)c1. The first-order chi connectivity index (χ1) is 11.5. The van der Waals surface area contributed by atoms with E-state index in [9.17, 15) is 14.4 Å². The van der Waals surface area contributed by atoms with E-state index in [2.05, 4.69) is 20.4 Å². The second kappa shape index (κ2) is 8.07. The van der Waals surface area contributed by atoms with Crippen LogP contribution in [-0.4, -0.2) is 29.9 Å². The van der Waals surface area contributed by atoms with Gasteiger partial charge in [-0.3, -0.25) is 14.6 Å². The van der Waals surface area contributed by atoms with Gasteiger partial charge in [-0.2, -0.15) is 0 Å². The van der Waals surface area contributed by atoms with E-state index in [4.69, 9.17) is 11.6 Å². The summed E-state index contributed by atoms with van der Waals surface area (Å²) in [5.74, 6) is -2.30. The molecule has 2 amide bonds. The van der Waals surface area contributed by atoms with Crippen LogP contribution >= 0.6 is 11.6 Å². The van der Waals surface area contributed by atoms with E-state index in [1.807, 2.05) is 0 Å². The Balaban J connectivity index is 2.00. The molecule has 0 aliphatic carbocycles. The van der Waals surface area contributed by atoms with Gasteiger partial charge in [0.2, 0.25) is 0 Å². The van der Waals surface area contributed by atoms with E-state index in [0.29, 0.717) is 0 Å². The number of hydrogen-bond donors (Lipinski definition) is 2. The van der Waals surface area contributed by atoms with Crippen molar-refractivity contribution in [2.24, 2.45) is 0 Å². The maximum atomic E-state index is 11.9. The number of rotatable bonds is 4. The number of amides is 2. The van der Waals surface area contributed by atoms with Crippen LogP contribution in [0.4, 0.5) is 5.69 Å². The summed E-state index contributed by atoms with van der Waals surface area (Å²) in [6.07, 6.45) is 3.17. The Labute approximate surface area is 143 Å². The fourth-order valence-corrected chi connectivity index (χ4v) is 1.97. The van der Waals surface area contributed by atoms with Crippen molar-refractivity contribution in [1.82, 2.24) is 10.3 Å². The average molecular weight is 348 g/mol. The minimum atomic E-state index is -0.895. The maximum Gasteiger partial charge on any atom is 0.337 e. The van der Waals surface area contributed by atoms with Gasteiger partial charge in [0, 0.05) is 18.9 Å². The summed E-state index contributed by atoms with van der Waals surface area (Å²) in [5.41, 5.74) is 1.15. The Bertz CT molecular complexity index is 765. The third-order valence-electron chi connectivity index (χ3n) is 3.04. The quantitative estimate of drug-likeness (QED) is 0.649. The Morgan fingerprint density at radius 1 is 1.12 bits per heavy atom. The van der Waals surface area contributed by atoms with E-state index in [-0.39, 0.29) is 22.8 Å². The van der Waals surface area contributed by atoms with Crippen molar-refractivity contribution in [3.05, 3.63) is 58.9 Å². The number of nitrogens with zero attached hydrogens (tertiary/aromatic N) is 1. The lowest BCUT2D eigenvalue weighted by molar-refractivity contribution is -0.136. The third-order valence-corrected chi connectivity index (χ3v) is 3.37. The molecule has 0 radical (unpaired) electrons. The summed E-state index contributed by atoms with van der Waals surface area (Å²) in [4.78, 5) is 39.1. The number of pyridine rings is 1. The molecule has 1 aromatic carbocycles. The highest BCUT2D eigenvalue weighted by Gasteiger charge is 2.16. The number of anilines is 1. The Kier molecular flexibility index (Phi) is 5.86. The van der Waals surface area contributed by atoms with Crippen LogP contribution in [0.15, 0.2) is 42.7 Å². The number of ether oxygens (including phenoxy) is 1. The summed E-state index contributed by atoms with van der Waals surface area (Å²) in [5, 5.41) is 5.03. The van der Waals surface area contributed by atoms with Gasteiger partial charge in [-0.1, -0.05) is 11.6 Å². The van der Waals surface area contributed by atoms with Crippen molar-refractivity contribution in [2.75, 3.05) is 12.4 Å². The molecule has 2 N–H and O–H groups in total. The zero-order valence-electron chi connectivity index (χ0n) is 12.7. The van der Waals surface area contributed by atoms with E-state index < -0.39 is 17.8 Å². The third kappa shape index (κ3) is 4.53. The van der Waals surface area contributed by atoms with E-state index in [1.165, 1.54) is 25.3 Å². The molecule has 0 fully saturated rings. The highest BCUT2D eigenvalue weighted by atomic mass is 35.5. The second-order valence-electron chi connectivity index (χ2n) is 4.68. The van der Waals surface area contributed by atoms with Gasteiger partial charge in [0.25, 0.3) is 0 Å². The summed E-state index contributed by atoms with van der Waals surface area (Å²) in [6, 6.07) is 7.65. The number of methoxy groups -OCH3 is 1. The topological polar surface area (TPSA) is 97.4 Å². The first kappa shape index (κ1) is 17.4. The van der Waals surface area contributed by atoms with Gasteiger partial charge >= 0.3 is 17.8 Å². The van der Waals surface area contributed by atoms with Crippen LogP contribution in [0.1, 0.15) is 15.9 Å². The molecule has 0 unspecified atom stereocenters. The van der Waals surface area contributed by atoms with Crippen molar-refractivity contribution < 1.29 is 19.1 Å². The van der Waals surface area contributed by atoms with Crippen LogP contribution in [-0.2, 0) is 20.9 Å². The number of halogens is 1. The molecule has 2 aromatic rings. The zero-order valence-corrected chi connectivity index (χ0v) is 13.5. The molecular weight excluding hydrogens is 334 g/mol. The predicted octanol–water partition coefficient (Wildman–Crippen LogP) is 1.78. The number of benzene rings is 1. The molecule has 0 saturated heterocycles. The van der Waals surface area contributed by atoms with Gasteiger partial charge in [-0.15, -0.1) is 0 Å². The predicted molar refractivity (Wildman–Crippen MR) is 87.5 cm³/mol. The van der Waals surface area contributed by atoms with Crippen molar-refractivity contribution in [1.29, 1.82) is 0 Å². The summed E-state index contributed by atoms with van der Waals surface area (Å²) in [6.45, 7) is 0.185. The minimum Gasteiger partial charge on any atom is -0.465 e. The van der Waals surface area contributed by atoms with Crippen molar-refractivity contribution >= 4 is 35.1 Å². The number of carbonyl (C=O) groups excluding carboxylic acids is 3. The normalized spacial score (nSPS) is 9.92. The van der Waals surface area contributed by atoms with E-state index >= 15 is 0 Å². The van der Waals surface area contributed by atoms with Crippen LogP contribution in [0.2, 0.25) is 5.02 Å². The van der Waals surface area contributed by atoms with Crippen molar-refractivity contribution in [2.45, 2.75) is 6.54 Å². The first-order valence-electron chi connectivity index (χ1n) is 6.87. The monoisotopic (exact) mass is 347 g/mol. The standard InChI is InChI=1S/C16H14ClN3O4/c1-24-16(23)11-2-3-12(17)13(8-11)20-15(22)14(21)19-9-10-4-6-18-7-5-10/h2-8H,9H2,1H3,(H,19,21)(H,20,22). The Morgan fingerprint density at radius 2 is 1.83 bits per heavy atom.